The second-order valence-corrected chi connectivity index (χ2v) is 4.32. The molecule has 1 N–H and O–H groups in total. The van der Waals surface area contributed by atoms with Crippen LogP contribution in [0.5, 0.6) is 0 Å². The van der Waals surface area contributed by atoms with Crippen molar-refractivity contribution in [2.75, 3.05) is 5.32 Å². The second-order valence-electron chi connectivity index (χ2n) is 3.67. The Balaban J connectivity index is 2.29. The van der Waals surface area contributed by atoms with Crippen LogP contribution in [0.4, 0.5) is 5.69 Å². The molecule has 1 atom stereocenters. The predicted molar refractivity (Wildman–Crippen MR) is 67.9 cm³/mol. The van der Waals surface area contributed by atoms with Crippen LogP contribution < -0.4 is 5.32 Å². The zero-order valence-electron chi connectivity index (χ0n) is 8.91. The van der Waals surface area contributed by atoms with E-state index in [-0.39, 0.29) is 5.91 Å². The van der Waals surface area contributed by atoms with Crippen LogP contribution in [0.15, 0.2) is 42.5 Å². The highest BCUT2D eigenvalue weighted by Crippen LogP contribution is 2.19. The molecule has 0 saturated heterocycles. The predicted octanol–water partition coefficient (Wildman–Crippen LogP) is 3.41. The Morgan fingerprint density at radius 3 is 2.56 bits per heavy atom. The maximum absolute atomic E-state index is 11.4. The molecule has 2 aromatic rings. The number of fused-ring (bicyclic) bond motifs is 1. The number of hydrogen-bond acceptors (Lipinski definition) is 1. The lowest BCUT2D eigenvalue weighted by molar-refractivity contribution is -0.115. The maximum atomic E-state index is 11.4. The average molecular weight is 234 g/mol. The number of nitrogens with one attached hydrogen (secondary N) is 1. The van der Waals surface area contributed by atoms with Crippen LogP contribution in [0.2, 0.25) is 0 Å². The van der Waals surface area contributed by atoms with Crippen molar-refractivity contribution in [3.05, 3.63) is 42.5 Å². The Morgan fingerprint density at radius 1 is 1.19 bits per heavy atom. The molecule has 0 aromatic heterocycles. The zero-order valence-corrected chi connectivity index (χ0v) is 9.66. The summed E-state index contributed by atoms with van der Waals surface area (Å²) in [6, 6.07) is 13.8. The first-order valence-electron chi connectivity index (χ1n) is 5.10. The Labute approximate surface area is 99.2 Å². The molecule has 2 rings (SSSR count). The molecule has 16 heavy (non-hydrogen) atoms. The lowest BCUT2D eigenvalue weighted by Crippen LogP contribution is -2.20. The number of anilines is 1. The van der Waals surface area contributed by atoms with E-state index < -0.39 is 5.38 Å². The summed E-state index contributed by atoms with van der Waals surface area (Å²) in [5, 5.41) is 4.49. The highest BCUT2D eigenvalue weighted by atomic mass is 35.5. The van der Waals surface area contributed by atoms with Crippen molar-refractivity contribution in [3.63, 3.8) is 0 Å². The molecule has 0 aliphatic rings. The molecule has 0 heterocycles. The van der Waals surface area contributed by atoms with Crippen molar-refractivity contribution in [1.82, 2.24) is 0 Å². The van der Waals surface area contributed by atoms with Crippen LogP contribution >= 0.6 is 11.6 Å². The molecule has 3 heteroatoms. The molecule has 1 amide bonds. The zero-order chi connectivity index (χ0) is 11.5. The molecule has 82 valence electrons. The van der Waals surface area contributed by atoms with Gasteiger partial charge in [0.05, 0.1) is 0 Å². The SMILES string of the molecule is C[C@H](Cl)C(=O)Nc1ccc2ccccc2c1. The first-order valence-corrected chi connectivity index (χ1v) is 5.54. The Hall–Kier alpha value is -1.54. The molecule has 0 spiro atoms. The number of amides is 1. The quantitative estimate of drug-likeness (QED) is 0.792. The van der Waals surface area contributed by atoms with Gasteiger partial charge in [-0.05, 0) is 29.8 Å². The summed E-state index contributed by atoms with van der Waals surface area (Å²) in [6.07, 6.45) is 0. The molecular formula is C13H12ClNO. The monoisotopic (exact) mass is 233 g/mol. The largest absolute Gasteiger partial charge is 0.325 e. The van der Waals surface area contributed by atoms with Crippen molar-refractivity contribution < 1.29 is 4.79 Å². The summed E-state index contributed by atoms with van der Waals surface area (Å²) in [6.45, 7) is 1.65. The highest BCUT2D eigenvalue weighted by Gasteiger charge is 2.08. The number of halogens is 1. The third kappa shape index (κ3) is 2.34. The van der Waals surface area contributed by atoms with Crippen molar-refractivity contribution in [2.24, 2.45) is 0 Å². The Morgan fingerprint density at radius 2 is 1.88 bits per heavy atom. The summed E-state index contributed by atoms with van der Waals surface area (Å²) in [5.41, 5.74) is 0.774. The topological polar surface area (TPSA) is 29.1 Å². The summed E-state index contributed by atoms with van der Waals surface area (Å²) in [7, 11) is 0. The van der Waals surface area contributed by atoms with Gasteiger partial charge in [-0.15, -0.1) is 11.6 Å². The molecule has 0 aliphatic carbocycles. The number of benzene rings is 2. The van der Waals surface area contributed by atoms with E-state index in [1.165, 1.54) is 0 Å². The van der Waals surface area contributed by atoms with E-state index >= 15 is 0 Å². The molecule has 0 aliphatic heterocycles. The van der Waals surface area contributed by atoms with Gasteiger partial charge in [-0.25, -0.2) is 0 Å². The van der Waals surface area contributed by atoms with Crippen molar-refractivity contribution >= 4 is 34.0 Å². The van der Waals surface area contributed by atoms with Gasteiger partial charge in [-0.2, -0.15) is 0 Å². The van der Waals surface area contributed by atoms with Gasteiger partial charge in [0.2, 0.25) is 5.91 Å². The third-order valence-corrected chi connectivity index (χ3v) is 2.58. The van der Waals surface area contributed by atoms with Gasteiger partial charge >= 0.3 is 0 Å². The molecule has 2 nitrogen and oxygen atoms in total. The van der Waals surface area contributed by atoms with Crippen LogP contribution in [-0.2, 0) is 4.79 Å². The van der Waals surface area contributed by atoms with E-state index in [1.807, 2.05) is 42.5 Å². The van der Waals surface area contributed by atoms with Crippen molar-refractivity contribution in [1.29, 1.82) is 0 Å². The molecule has 0 unspecified atom stereocenters. The van der Waals surface area contributed by atoms with Crippen LogP contribution in [0.3, 0.4) is 0 Å². The fourth-order valence-corrected chi connectivity index (χ4v) is 1.56. The first-order chi connectivity index (χ1) is 7.66. The molecule has 0 fully saturated rings. The molecule has 2 aromatic carbocycles. The van der Waals surface area contributed by atoms with Gasteiger partial charge in [0.15, 0.2) is 0 Å². The average Bonchev–Trinajstić information content (AvgIpc) is 2.28. The minimum Gasteiger partial charge on any atom is -0.325 e. The normalized spacial score (nSPS) is 12.4. The van der Waals surface area contributed by atoms with Gasteiger partial charge in [-0.1, -0.05) is 30.3 Å². The summed E-state index contributed by atoms with van der Waals surface area (Å²) in [4.78, 5) is 11.4. The Bertz CT molecular complexity index is 522. The van der Waals surface area contributed by atoms with E-state index in [1.54, 1.807) is 6.92 Å². The fourth-order valence-electron chi connectivity index (χ4n) is 1.51. The number of carbonyl (C=O) groups is 1. The minimum atomic E-state index is -0.522. The van der Waals surface area contributed by atoms with Gasteiger partial charge in [0.25, 0.3) is 0 Å². The summed E-state index contributed by atoms with van der Waals surface area (Å²) >= 11 is 5.68. The lowest BCUT2D eigenvalue weighted by atomic mass is 10.1. The smallest absolute Gasteiger partial charge is 0.242 e. The van der Waals surface area contributed by atoms with Crippen molar-refractivity contribution in [2.45, 2.75) is 12.3 Å². The standard InChI is InChI=1S/C13H12ClNO/c1-9(14)13(16)15-12-7-6-10-4-2-3-5-11(10)8-12/h2-9H,1H3,(H,15,16)/t9-/m0/s1. The molecule has 0 saturated carbocycles. The van der Waals surface area contributed by atoms with Gasteiger partial charge in [0.1, 0.15) is 5.38 Å². The summed E-state index contributed by atoms with van der Waals surface area (Å²) in [5.74, 6) is -0.183. The molecule has 0 bridgehead atoms. The number of rotatable bonds is 2. The van der Waals surface area contributed by atoms with E-state index in [0.717, 1.165) is 16.5 Å². The van der Waals surface area contributed by atoms with Gasteiger partial charge in [0, 0.05) is 5.69 Å². The first kappa shape index (κ1) is 11.0. The third-order valence-electron chi connectivity index (χ3n) is 2.38. The Kier molecular flexibility index (Phi) is 3.11. The van der Waals surface area contributed by atoms with E-state index in [0.29, 0.717) is 0 Å². The number of carbonyl (C=O) groups excluding carboxylic acids is 1. The maximum Gasteiger partial charge on any atom is 0.242 e. The van der Waals surface area contributed by atoms with E-state index in [9.17, 15) is 4.79 Å². The van der Waals surface area contributed by atoms with Crippen LogP contribution in [-0.4, -0.2) is 11.3 Å². The summed E-state index contributed by atoms with van der Waals surface area (Å²) < 4.78 is 0. The second kappa shape index (κ2) is 4.54. The molecule has 0 radical (unpaired) electrons. The number of hydrogen-bond donors (Lipinski definition) is 1. The lowest BCUT2D eigenvalue weighted by Gasteiger charge is -2.07. The van der Waals surface area contributed by atoms with E-state index in [2.05, 4.69) is 5.32 Å². The fraction of sp³-hybridized carbons (Fsp3) is 0.154. The van der Waals surface area contributed by atoms with Crippen LogP contribution in [0, 0.1) is 0 Å². The highest BCUT2D eigenvalue weighted by molar-refractivity contribution is 6.32. The van der Waals surface area contributed by atoms with E-state index in [4.69, 9.17) is 11.6 Å². The van der Waals surface area contributed by atoms with Gasteiger partial charge in [-0.3, -0.25) is 4.79 Å². The van der Waals surface area contributed by atoms with Gasteiger partial charge < -0.3 is 5.32 Å². The van der Waals surface area contributed by atoms with Crippen molar-refractivity contribution in [3.8, 4) is 0 Å². The number of alkyl halides is 1. The minimum absolute atomic E-state index is 0.183. The van der Waals surface area contributed by atoms with Crippen LogP contribution in [0.25, 0.3) is 10.8 Å². The van der Waals surface area contributed by atoms with Crippen LogP contribution in [0.1, 0.15) is 6.92 Å². The molecular weight excluding hydrogens is 222 g/mol.